The molecule has 1 atom stereocenters. The second-order valence-electron chi connectivity index (χ2n) is 8.79. The fourth-order valence-electron chi connectivity index (χ4n) is 5.22. The van der Waals surface area contributed by atoms with E-state index in [0.29, 0.717) is 10.9 Å². The molecule has 4 nitrogen and oxygen atoms in total. The van der Waals surface area contributed by atoms with Gasteiger partial charge in [-0.25, -0.2) is 4.39 Å². The monoisotopic (exact) mass is 438 g/mol. The van der Waals surface area contributed by atoms with Crippen molar-refractivity contribution < 1.29 is 13.9 Å². The van der Waals surface area contributed by atoms with Crippen molar-refractivity contribution in [2.24, 2.45) is 11.3 Å². The van der Waals surface area contributed by atoms with Crippen molar-refractivity contribution in [3.05, 3.63) is 65.1 Å². The van der Waals surface area contributed by atoms with Crippen LogP contribution < -0.4 is 10.1 Å². The molecule has 2 saturated carbocycles. The lowest BCUT2D eigenvalue weighted by Crippen LogP contribution is -2.22. The van der Waals surface area contributed by atoms with Gasteiger partial charge in [0.05, 0.1) is 12.6 Å². The summed E-state index contributed by atoms with van der Waals surface area (Å²) < 4.78 is 19.4. The predicted octanol–water partition coefficient (Wildman–Crippen LogP) is 6.34. The van der Waals surface area contributed by atoms with Gasteiger partial charge in [-0.15, -0.1) is 0 Å². The second kappa shape index (κ2) is 7.79. The molecule has 1 heterocycles. The number of carbonyl (C=O) groups is 1. The van der Waals surface area contributed by atoms with Crippen molar-refractivity contribution in [3.63, 3.8) is 0 Å². The number of nitrogens with one attached hydrogen (secondary N) is 1. The number of hydrogen-bond acceptors (Lipinski definition) is 3. The lowest BCUT2D eigenvalue weighted by molar-refractivity contribution is -0.118. The fourth-order valence-corrected chi connectivity index (χ4v) is 5.34. The highest BCUT2D eigenvalue weighted by Crippen LogP contribution is 2.63. The van der Waals surface area contributed by atoms with E-state index < -0.39 is 0 Å². The molecule has 1 amide bonds. The third-order valence-corrected chi connectivity index (χ3v) is 7.34. The number of halogens is 2. The first-order valence-corrected chi connectivity index (χ1v) is 11.1. The minimum absolute atomic E-state index is 0.0695. The third-order valence-electron chi connectivity index (χ3n) is 7.09. The molecule has 2 aliphatic carbocycles. The zero-order valence-corrected chi connectivity index (χ0v) is 18.1. The number of hydrogen-bond donors (Lipinski definition) is 1. The maximum atomic E-state index is 14.3. The van der Waals surface area contributed by atoms with Crippen LogP contribution in [0.25, 0.3) is 10.9 Å². The van der Waals surface area contributed by atoms with Crippen LogP contribution in [0, 0.1) is 17.2 Å². The van der Waals surface area contributed by atoms with Crippen LogP contribution in [0.5, 0.6) is 5.75 Å². The van der Waals surface area contributed by atoms with Gasteiger partial charge in [-0.3, -0.25) is 9.78 Å². The summed E-state index contributed by atoms with van der Waals surface area (Å²) in [7, 11) is 1.46. The fraction of sp³-hybridized carbons (Fsp3) is 0.360. The molecule has 0 unspecified atom stereocenters. The number of amides is 1. The summed E-state index contributed by atoms with van der Waals surface area (Å²) >= 11 is 5.92. The Kier molecular flexibility index (Phi) is 5.09. The maximum Gasteiger partial charge on any atom is 0.228 e. The Morgan fingerprint density at radius 2 is 1.94 bits per heavy atom. The summed E-state index contributed by atoms with van der Waals surface area (Å²) in [6.45, 7) is 0. The van der Waals surface area contributed by atoms with Crippen LogP contribution in [0.4, 0.5) is 10.1 Å². The van der Waals surface area contributed by atoms with E-state index in [0.717, 1.165) is 54.3 Å². The highest BCUT2D eigenvalue weighted by molar-refractivity contribution is 6.30. The van der Waals surface area contributed by atoms with Crippen LogP contribution >= 0.6 is 11.6 Å². The van der Waals surface area contributed by atoms with E-state index in [1.165, 1.54) is 7.11 Å². The van der Waals surface area contributed by atoms with Crippen molar-refractivity contribution in [3.8, 4) is 5.75 Å². The highest BCUT2D eigenvalue weighted by atomic mass is 35.5. The van der Waals surface area contributed by atoms with Gasteiger partial charge < -0.3 is 10.1 Å². The molecule has 160 valence electrons. The van der Waals surface area contributed by atoms with Gasteiger partial charge in [0.2, 0.25) is 5.91 Å². The molecule has 1 aromatic heterocycles. The van der Waals surface area contributed by atoms with Gasteiger partial charge in [-0.1, -0.05) is 11.6 Å². The van der Waals surface area contributed by atoms with Crippen molar-refractivity contribution in [2.75, 3.05) is 12.4 Å². The summed E-state index contributed by atoms with van der Waals surface area (Å²) in [5.74, 6) is 0.374. The summed E-state index contributed by atoms with van der Waals surface area (Å²) in [6, 6.07) is 12.4. The number of fused-ring (bicyclic) bond motifs is 1. The predicted molar refractivity (Wildman–Crippen MR) is 120 cm³/mol. The topological polar surface area (TPSA) is 51.2 Å². The van der Waals surface area contributed by atoms with Gasteiger partial charge >= 0.3 is 0 Å². The molecule has 2 aromatic carbocycles. The summed E-state index contributed by atoms with van der Waals surface area (Å²) in [5, 5.41) is 4.54. The molecular formula is C25H24ClFN2O2. The highest BCUT2D eigenvalue weighted by Gasteiger charge is 2.58. The Bertz CT molecular complexity index is 1140. The van der Waals surface area contributed by atoms with E-state index in [4.69, 9.17) is 16.3 Å². The number of methoxy groups -OCH3 is 1. The van der Waals surface area contributed by atoms with Gasteiger partial charge in [0, 0.05) is 34.3 Å². The number of nitrogens with zero attached hydrogens (tertiary/aromatic N) is 1. The van der Waals surface area contributed by atoms with Crippen LogP contribution in [0.1, 0.15) is 43.6 Å². The second-order valence-corrected chi connectivity index (χ2v) is 9.23. The normalized spacial score (nSPS) is 24.9. The van der Waals surface area contributed by atoms with Crippen molar-refractivity contribution >= 4 is 34.1 Å². The van der Waals surface area contributed by atoms with Crippen molar-refractivity contribution in [1.29, 1.82) is 0 Å². The first-order valence-electron chi connectivity index (χ1n) is 10.7. The van der Waals surface area contributed by atoms with E-state index >= 15 is 0 Å². The molecule has 0 aliphatic heterocycles. The maximum absolute atomic E-state index is 14.3. The van der Waals surface area contributed by atoms with Gasteiger partial charge in [-0.05, 0) is 85.4 Å². The molecule has 1 N–H and O–H groups in total. The van der Waals surface area contributed by atoms with E-state index in [9.17, 15) is 9.18 Å². The van der Waals surface area contributed by atoms with Crippen LogP contribution in [0.3, 0.4) is 0 Å². The Hall–Kier alpha value is -2.66. The summed E-state index contributed by atoms with van der Waals surface area (Å²) in [4.78, 5) is 17.2. The lowest BCUT2D eigenvalue weighted by atomic mass is 9.75. The quantitative estimate of drug-likeness (QED) is 0.517. The van der Waals surface area contributed by atoms with E-state index in [1.807, 2.05) is 18.2 Å². The van der Waals surface area contributed by atoms with Gasteiger partial charge in [0.1, 0.15) is 0 Å². The lowest BCUT2D eigenvalue weighted by Gasteiger charge is -2.30. The Morgan fingerprint density at radius 1 is 1.19 bits per heavy atom. The zero-order valence-electron chi connectivity index (χ0n) is 17.3. The number of rotatable bonds is 4. The van der Waals surface area contributed by atoms with E-state index in [2.05, 4.69) is 10.3 Å². The summed E-state index contributed by atoms with van der Waals surface area (Å²) in [6.07, 6.45) is 6.76. The molecule has 2 aliphatic rings. The number of ether oxygens (including phenoxy) is 1. The van der Waals surface area contributed by atoms with Gasteiger partial charge in [-0.2, -0.15) is 0 Å². The van der Waals surface area contributed by atoms with Crippen LogP contribution in [-0.4, -0.2) is 18.0 Å². The average Bonchev–Trinajstić information content (AvgIpc) is 3.48. The SMILES string of the molecule is COc1cc2nccc(C3CCC4(CC3)C[C@H]4C(=O)Nc3ccc(Cl)cc3)c2cc1F. The van der Waals surface area contributed by atoms with Crippen molar-refractivity contribution in [2.45, 2.75) is 38.0 Å². The minimum atomic E-state index is -0.363. The molecule has 1 spiro atoms. The number of aromatic nitrogens is 1. The Morgan fingerprint density at radius 3 is 2.65 bits per heavy atom. The smallest absolute Gasteiger partial charge is 0.228 e. The van der Waals surface area contributed by atoms with Crippen LogP contribution in [0.2, 0.25) is 5.02 Å². The largest absolute Gasteiger partial charge is 0.494 e. The van der Waals surface area contributed by atoms with Crippen LogP contribution in [-0.2, 0) is 4.79 Å². The Balaban J connectivity index is 1.27. The molecular weight excluding hydrogens is 415 g/mol. The molecule has 31 heavy (non-hydrogen) atoms. The molecule has 0 saturated heterocycles. The van der Waals surface area contributed by atoms with E-state index in [-0.39, 0.29) is 28.8 Å². The molecule has 5 rings (SSSR count). The first kappa shape index (κ1) is 20.3. The van der Waals surface area contributed by atoms with E-state index in [1.54, 1.807) is 30.5 Å². The van der Waals surface area contributed by atoms with Crippen LogP contribution in [0.15, 0.2) is 48.7 Å². The van der Waals surface area contributed by atoms with Gasteiger partial charge in [0.25, 0.3) is 0 Å². The molecule has 0 radical (unpaired) electrons. The zero-order chi connectivity index (χ0) is 21.6. The molecule has 6 heteroatoms. The first-order chi connectivity index (χ1) is 15.0. The number of benzene rings is 2. The Labute approximate surface area is 185 Å². The summed E-state index contributed by atoms with van der Waals surface area (Å²) in [5.41, 5.74) is 2.79. The van der Waals surface area contributed by atoms with Gasteiger partial charge in [0.15, 0.2) is 11.6 Å². The minimum Gasteiger partial charge on any atom is -0.494 e. The van der Waals surface area contributed by atoms with Crippen molar-refractivity contribution in [1.82, 2.24) is 4.98 Å². The standard InChI is InChI=1S/C25H24ClFN2O2/c1-31-23-13-22-19(12-21(23)27)18(8-11-28-22)15-6-9-25(10-7-15)14-20(25)24(30)29-17-4-2-16(26)3-5-17/h2-5,8,11-13,15,20H,6-7,9-10,14H2,1H3,(H,29,30)/t15?,20-,25?/m0/s1. The number of anilines is 1. The molecule has 2 fully saturated rings. The number of pyridine rings is 1. The third kappa shape index (κ3) is 3.76. The molecule has 0 bridgehead atoms. The average molecular weight is 439 g/mol. The molecule has 3 aromatic rings. The number of carbonyl (C=O) groups excluding carboxylic acids is 1.